The summed E-state index contributed by atoms with van der Waals surface area (Å²) in [4.78, 5) is 15.3. The van der Waals surface area contributed by atoms with Crippen LogP contribution < -0.4 is 0 Å². The molecule has 0 spiro atoms. The SMILES string of the molecule is CCC1Cc2c(nn(C)c2-c2cc(F)c(F)c(F)c2)C(CC)N1C(=O)c1cnn(C(C)(C)C)c1C(F)(F)F. The number of rotatable bonds is 4. The third-order valence-corrected chi connectivity index (χ3v) is 6.91. The van der Waals surface area contributed by atoms with Crippen LogP contribution in [0, 0.1) is 17.5 Å². The molecule has 4 rings (SSSR count). The Bertz CT molecular complexity index is 1360. The number of alkyl halides is 3. The Kier molecular flexibility index (Phi) is 6.90. The molecule has 38 heavy (non-hydrogen) atoms. The molecule has 2 atom stereocenters. The van der Waals surface area contributed by atoms with E-state index in [0.717, 1.165) is 23.0 Å². The van der Waals surface area contributed by atoms with Crippen LogP contribution in [0.15, 0.2) is 18.3 Å². The van der Waals surface area contributed by atoms with Gasteiger partial charge in [0.05, 0.1) is 34.7 Å². The smallest absolute Gasteiger partial charge is 0.327 e. The first-order valence-corrected chi connectivity index (χ1v) is 12.3. The van der Waals surface area contributed by atoms with E-state index in [1.165, 1.54) is 9.58 Å². The van der Waals surface area contributed by atoms with Crippen molar-refractivity contribution < 1.29 is 31.1 Å². The summed E-state index contributed by atoms with van der Waals surface area (Å²) in [7, 11) is 1.56. The van der Waals surface area contributed by atoms with Gasteiger partial charge in [-0.3, -0.25) is 14.2 Å². The van der Waals surface area contributed by atoms with E-state index >= 15 is 0 Å². The molecule has 3 heterocycles. The number of amides is 1. The molecule has 0 saturated heterocycles. The summed E-state index contributed by atoms with van der Waals surface area (Å²) in [6, 6.07) is 0.527. The van der Waals surface area contributed by atoms with Crippen LogP contribution in [-0.2, 0) is 25.2 Å². The van der Waals surface area contributed by atoms with E-state index in [9.17, 15) is 31.1 Å². The summed E-state index contributed by atoms with van der Waals surface area (Å²) in [6.45, 7) is 8.28. The number of benzene rings is 1. The first-order valence-electron chi connectivity index (χ1n) is 12.3. The third-order valence-electron chi connectivity index (χ3n) is 6.91. The van der Waals surface area contributed by atoms with Crippen LogP contribution >= 0.6 is 0 Å². The topological polar surface area (TPSA) is 56.0 Å². The number of fused-ring (bicyclic) bond motifs is 1. The van der Waals surface area contributed by atoms with Crippen LogP contribution in [0.4, 0.5) is 26.3 Å². The zero-order valence-electron chi connectivity index (χ0n) is 21.9. The van der Waals surface area contributed by atoms with Crippen molar-refractivity contribution in [2.75, 3.05) is 0 Å². The molecule has 0 saturated carbocycles. The predicted molar refractivity (Wildman–Crippen MR) is 128 cm³/mol. The molecular formula is C26H29F6N5O. The van der Waals surface area contributed by atoms with Gasteiger partial charge in [-0.2, -0.15) is 23.4 Å². The highest BCUT2D eigenvalue weighted by Gasteiger charge is 2.46. The van der Waals surface area contributed by atoms with E-state index < -0.39 is 58.4 Å². The van der Waals surface area contributed by atoms with Gasteiger partial charge in [0.15, 0.2) is 23.1 Å². The number of hydrogen-bond donors (Lipinski definition) is 0. The predicted octanol–water partition coefficient (Wildman–Crippen LogP) is 6.40. The fourth-order valence-electron chi connectivity index (χ4n) is 5.29. The summed E-state index contributed by atoms with van der Waals surface area (Å²) in [6.07, 6.45) is -2.95. The van der Waals surface area contributed by atoms with Crippen molar-refractivity contribution in [3.8, 4) is 11.3 Å². The standard InChI is InChI=1S/C26H29F6N5O/c1-7-14-11-15-21(34-35(6)22(15)13-9-17(27)20(29)18(28)10-13)19(8-2)36(14)24(38)16-12-33-37(25(3,4)5)23(16)26(30,31)32/h9-10,12,14,19H,7-8,11H2,1-6H3. The van der Waals surface area contributed by atoms with Gasteiger partial charge in [-0.25, -0.2) is 13.2 Å². The second-order valence-electron chi connectivity index (χ2n) is 10.5. The molecule has 0 radical (unpaired) electrons. The largest absolute Gasteiger partial charge is 0.433 e. The van der Waals surface area contributed by atoms with Gasteiger partial charge >= 0.3 is 6.18 Å². The number of aromatic nitrogens is 4. The Labute approximate surface area is 216 Å². The van der Waals surface area contributed by atoms with E-state index in [2.05, 4.69) is 10.2 Å². The summed E-state index contributed by atoms with van der Waals surface area (Å²) in [5.74, 6) is -5.10. The molecule has 1 aromatic carbocycles. The molecular weight excluding hydrogens is 512 g/mol. The lowest BCUT2D eigenvalue weighted by Gasteiger charge is -2.41. The fraction of sp³-hybridized carbons (Fsp3) is 0.500. The molecule has 1 aliphatic heterocycles. The zero-order valence-corrected chi connectivity index (χ0v) is 21.9. The third kappa shape index (κ3) is 4.47. The molecule has 0 N–H and O–H groups in total. The van der Waals surface area contributed by atoms with Crippen molar-refractivity contribution in [1.29, 1.82) is 0 Å². The highest BCUT2D eigenvalue weighted by atomic mass is 19.4. The fourth-order valence-corrected chi connectivity index (χ4v) is 5.29. The molecule has 1 amide bonds. The first kappa shape index (κ1) is 27.7. The Balaban J connectivity index is 1.86. The first-order chi connectivity index (χ1) is 17.6. The van der Waals surface area contributed by atoms with E-state index in [4.69, 9.17) is 0 Å². The summed E-state index contributed by atoms with van der Waals surface area (Å²) in [5.41, 5.74) is -1.23. The molecule has 2 aromatic heterocycles. The van der Waals surface area contributed by atoms with Gasteiger partial charge < -0.3 is 4.90 Å². The Morgan fingerprint density at radius 2 is 1.66 bits per heavy atom. The Hall–Kier alpha value is -3.31. The summed E-state index contributed by atoms with van der Waals surface area (Å²) in [5, 5.41) is 8.44. The average Bonchev–Trinajstić information content (AvgIpc) is 3.42. The highest BCUT2D eigenvalue weighted by molar-refractivity contribution is 5.96. The molecule has 6 nitrogen and oxygen atoms in total. The van der Waals surface area contributed by atoms with Crippen LogP contribution in [0.3, 0.4) is 0 Å². The van der Waals surface area contributed by atoms with Crippen LogP contribution in [0.25, 0.3) is 11.3 Å². The minimum atomic E-state index is -4.83. The van der Waals surface area contributed by atoms with Crippen molar-refractivity contribution in [1.82, 2.24) is 24.5 Å². The maximum atomic E-state index is 14.2. The number of halogens is 6. The maximum Gasteiger partial charge on any atom is 0.433 e. The monoisotopic (exact) mass is 541 g/mol. The molecule has 1 aliphatic rings. The summed E-state index contributed by atoms with van der Waals surface area (Å²) >= 11 is 0. The normalized spacial score (nSPS) is 18.2. The van der Waals surface area contributed by atoms with Crippen LogP contribution in [0.5, 0.6) is 0 Å². The minimum Gasteiger partial charge on any atom is -0.327 e. The Morgan fingerprint density at radius 3 is 2.16 bits per heavy atom. The lowest BCUT2D eigenvalue weighted by atomic mass is 9.87. The van der Waals surface area contributed by atoms with Crippen molar-refractivity contribution >= 4 is 5.91 Å². The Morgan fingerprint density at radius 1 is 1.05 bits per heavy atom. The maximum absolute atomic E-state index is 14.2. The van der Waals surface area contributed by atoms with Crippen LogP contribution in [0.2, 0.25) is 0 Å². The minimum absolute atomic E-state index is 0.0768. The second kappa shape index (κ2) is 9.46. The van der Waals surface area contributed by atoms with E-state index in [0.29, 0.717) is 29.8 Å². The van der Waals surface area contributed by atoms with Gasteiger partial charge in [-0.05, 0) is 52.2 Å². The quantitative estimate of drug-likeness (QED) is 0.284. The molecule has 0 bridgehead atoms. The number of nitrogens with zero attached hydrogens (tertiary/aromatic N) is 5. The van der Waals surface area contributed by atoms with E-state index in [1.807, 2.05) is 0 Å². The van der Waals surface area contributed by atoms with Crippen molar-refractivity contribution in [2.45, 2.75) is 77.7 Å². The second-order valence-corrected chi connectivity index (χ2v) is 10.5. The van der Waals surface area contributed by atoms with Gasteiger partial charge in [0.1, 0.15) is 0 Å². The molecule has 12 heteroatoms. The zero-order chi connectivity index (χ0) is 28.3. The van der Waals surface area contributed by atoms with Gasteiger partial charge in [0.2, 0.25) is 0 Å². The van der Waals surface area contributed by atoms with Gasteiger partial charge in [0, 0.05) is 24.2 Å². The number of carbonyl (C=O) groups is 1. The summed E-state index contributed by atoms with van der Waals surface area (Å²) < 4.78 is 86.5. The van der Waals surface area contributed by atoms with Gasteiger partial charge in [0.25, 0.3) is 5.91 Å². The van der Waals surface area contributed by atoms with Crippen LogP contribution in [0.1, 0.15) is 80.8 Å². The molecule has 206 valence electrons. The van der Waals surface area contributed by atoms with Crippen molar-refractivity contribution in [3.05, 3.63) is 58.3 Å². The van der Waals surface area contributed by atoms with E-state index in [1.54, 1.807) is 41.7 Å². The van der Waals surface area contributed by atoms with Gasteiger partial charge in [-0.15, -0.1) is 0 Å². The van der Waals surface area contributed by atoms with E-state index in [-0.39, 0.29) is 12.0 Å². The molecule has 3 aromatic rings. The van der Waals surface area contributed by atoms with Crippen LogP contribution in [-0.4, -0.2) is 36.4 Å². The molecule has 0 aliphatic carbocycles. The van der Waals surface area contributed by atoms with Crippen molar-refractivity contribution in [2.24, 2.45) is 7.05 Å². The average molecular weight is 542 g/mol. The van der Waals surface area contributed by atoms with Crippen molar-refractivity contribution in [3.63, 3.8) is 0 Å². The highest BCUT2D eigenvalue weighted by Crippen LogP contribution is 2.43. The number of hydrogen-bond acceptors (Lipinski definition) is 3. The number of carbonyl (C=O) groups excluding carboxylic acids is 1. The lowest BCUT2D eigenvalue weighted by Crippen LogP contribution is -2.47. The molecule has 0 fully saturated rings. The van der Waals surface area contributed by atoms with Gasteiger partial charge in [-0.1, -0.05) is 13.8 Å². The molecule has 2 unspecified atom stereocenters. The number of aryl methyl sites for hydroxylation is 1. The lowest BCUT2D eigenvalue weighted by molar-refractivity contribution is -0.146.